The van der Waals surface area contributed by atoms with Crippen LogP contribution in [0.15, 0.2) is 47.6 Å². The average Bonchev–Trinajstić information content (AvgIpc) is 3.23. The molecule has 0 saturated carbocycles. The van der Waals surface area contributed by atoms with Crippen LogP contribution in [-0.2, 0) is 11.2 Å². The van der Waals surface area contributed by atoms with Crippen molar-refractivity contribution < 1.29 is 4.79 Å². The third-order valence-electron chi connectivity index (χ3n) is 4.53. The fraction of sp³-hybridized carbons (Fsp3) is 0.412. The highest BCUT2D eigenvalue weighted by Crippen LogP contribution is 2.38. The second-order valence-corrected chi connectivity index (χ2v) is 7.23. The van der Waals surface area contributed by atoms with Gasteiger partial charge in [0.2, 0.25) is 5.91 Å². The molecule has 4 nitrogen and oxygen atoms in total. The average molecular weight is 313 g/mol. The van der Waals surface area contributed by atoms with Crippen molar-refractivity contribution in [2.45, 2.75) is 35.4 Å². The van der Waals surface area contributed by atoms with Gasteiger partial charge in [-0.2, -0.15) is 5.10 Å². The van der Waals surface area contributed by atoms with E-state index < -0.39 is 0 Å². The summed E-state index contributed by atoms with van der Waals surface area (Å²) in [7, 11) is 0. The Morgan fingerprint density at radius 1 is 1.27 bits per heavy atom. The lowest BCUT2D eigenvalue weighted by atomic mass is 10.0. The number of carbonyl (C=O) groups excluding carboxylic acids is 1. The third-order valence-corrected chi connectivity index (χ3v) is 5.83. The summed E-state index contributed by atoms with van der Waals surface area (Å²) in [6.07, 6.45) is 6.83. The molecule has 1 saturated heterocycles. The maximum Gasteiger partial charge on any atom is 0.236 e. The minimum absolute atomic E-state index is 0.0498. The fourth-order valence-electron chi connectivity index (χ4n) is 3.39. The van der Waals surface area contributed by atoms with Gasteiger partial charge in [-0.1, -0.05) is 18.2 Å². The Morgan fingerprint density at radius 2 is 2.18 bits per heavy atom. The molecule has 22 heavy (non-hydrogen) atoms. The normalized spacial score (nSPS) is 24.3. The summed E-state index contributed by atoms with van der Waals surface area (Å²) < 4.78 is 2.00. The zero-order valence-electron chi connectivity index (χ0n) is 12.4. The number of rotatable bonds is 2. The number of piperidine rings is 1. The predicted molar refractivity (Wildman–Crippen MR) is 86.9 cm³/mol. The summed E-state index contributed by atoms with van der Waals surface area (Å²) in [4.78, 5) is 16.2. The molecule has 0 bridgehead atoms. The Balaban J connectivity index is 1.45. The quantitative estimate of drug-likeness (QED) is 0.855. The van der Waals surface area contributed by atoms with Gasteiger partial charge in [-0.25, -0.2) is 0 Å². The monoisotopic (exact) mass is 313 g/mol. The molecule has 2 aromatic rings. The van der Waals surface area contributed by atoms with Crippen LogP contribution < -0.4 is 0 Å². The van der Waals surface area contributed by atoms with E-state index in [2.05, 4.69) is 23.3 Å². The van der Waals surface area contributed by atoms with E-state index in [-0.39, 0.29) is 11.2 Å². The number of benzene rings is 1. The van der Waals surface area contributed by atoms with Crippen LogP contribution in [0.3, 0.4) is 0 Å². The zero-order chi connectivity index (χ0) is 14.9. The van der Waals surface area contributed by atoms with Gasteiger partial charge in [0, 0.05) is 30.4 Å². The molecule has 1 aromatic heterocycles. The van der Waals surface area contributed by atoms with Crippen LogP contribution in [-0.4, -0.2) is 38.9 Å². The first-order chi connectivity index (χ1) is 10.8. The molecule has 0 radical (unpaired) electrons. The number of hydrogen-bond donors (Lipinski definition) is 0. The Kier molecular flexibility index (Phi) is 3.66. The van der Waals surface area contributed by atoms with Gasteiger partial charge in [-0.15, -0.1) is 11.8 Å². The van der Waals surface area contributed by atoms with Gasteiger partial charge in [0.15, 0.2) is 0 Å². The molecule has 2 aliphatic rings. The predicted octanol–water partition coefficient (Wildman–Crippen LogP) is 2.76. The Bertz CT molecular complexity index is 645. The summed E-state index contributed by atoms with van der Waals surface area (Å²) in [5.74, 6) is 0.290. The fourth-order valence-corrected chi connectivity index (χ4v) is 4.67. The summed E-state index contributed by atoms with van der Waals surface area (Å²) in [6.45, 7) is 1.66. The highest BCUT2D eigenvalue weighted by molar-refractivity contribution is 8.01. The van der Waals surface area contributed by atoms with Crippen molar-refractivity contribution in [2.24, 2.45) is 0 Å². The lowest BCUT2D eigenvalue weighted by Crippen LogP contribution is -2.44. The van der Waals surface area contributed by atoms with Crippen LogP contribution in [0.5, 0.6) is 0 Å². The van der Waals surface area contributed by atoms with Crippen molar-refractivity contribution in [3.05, 3.63) is 48.3 Å². The first kappa shape index (κ1) is 13.9. The van der Waals surface area contributed by atoms with E-state index in [4.69, 9.17) is 0 Å². The van der Waals surface area contributed by atoms with Gasteiger partial charge >= 0.3 is 0 Å². The van der Waals surface area contributed by atoms with Crippen LogP contribution in [0, 0.1) is 0 Å². The number of fused-ring (bicyclic) bond motifs is 1. The SMILES string of the molecule is O=C([C@@H]1Cc2ccccc2S1)N1CCC[C@H](n2cccn2)C1. The molecule has 2 atom stereocenters. The molecule has 1 fully saturated rings. The Hall–Kier alpha value is -1.75. The molecule has 0 N–H and O–H groups in total. The van der Waals surface area contributed by atoms with Gasteiger partial charge in [-0.05, 0) is 37.0 Å². The van der Waals surface area contributed by atoms with E-state index in [0.29, 0.717) is 6.04 Å². The van der Waals surface area contributed by atoms with E-state index >= 15 is 0 Å². The Labute approximate surface area is 134 Å². The Morgan fingerprint density at radius 3 is 3.00 bits per heavy atom. The van der Waals surface area contributed by atoms with E-state index in [1.165, 1.54) is 10.5 Å². The second-order valence-electron chi connectivity index (χ2n) is 5.98. The third kappa shape index (κ3) is 2.54. The van der Waals surface area contributed by atoms with Crippen LogP contribution in [0.25, 0.3) is 0 Å². The maximum atomic E-state index is 12.9. The minimum Gasteiger partial charge on any atom is -0.340 e. The lowest BCUT2D eigenvalue weighted by molar-refractivity contribution is -0.132. The topological polar surface area (TPSA) is 38.1 Å². The molecule has 1 aromatic carbocycles. The highest BCUT2D eigenvalue weighted by Gasteiger charge is 2.33. The van der Waals surface area contributed by atoms with Crippen LogP contribution >= 0.6 is 11.8 Å². The van der Waals surface area contributed by atoms with Crippen molar-refractivity contribution in [3.8, 4) is 0 Å². The molecule has 114 valence electrons. The van der Waals surface area contributed by atoms with Crippen LogP contribution in [0.1, 0.15) is 24.4 Å². The number of carbonyl (C=O) groups is 1. The summed E-state index contributed by atoms with van der Waals surface area (Å²) in [5, 5.41) is 4.39. The first-order valence-electron chi connectivity index (χ1n) is 7.84. The zero-order valence-corrected chi connectivity index (χ0v) is 13.2. The number of thioether (sulfide) groups is 1. The summed E-state index contributed by atoms with van der Waals surface area (Å²) >= 11 is 1.72. The van der Waals surface area contributed by atoms with Gasteiger partial charge in [0.05, 0.1) is 11.3 Å². The molecule has 5 heteroatoms. The van der Waals surface area contributed by atoms with E-state index in [0.717, 1.165) is 32.4 Å². The van der Waals surface area contributed by atoms with Gasteiger partial charge in [0.25, 0.3) is 0 Å². The van der Waals surface area contributed by atoms with Crippen molar-refractivity contribution >= 4 is 17.7 Å². The molecule has 0 unspecified atom stereocenters. The van der Waals surface area contributed by atoms with E-state index in [1.54, 1.807) is 11.8 Å². The van der Waals surface area contributed by atoms with Crippen molar-refractivity contribution in [1.29, 1.82) is 0 Å². The second kappa shape index (κ2) is 5.80. The number of aromatic nitrogens is 2. The largest absolute Gasteiger partial charge is 0.340 e. The minimum atomic E-state index is 0.0498. The standard InChI is InChI=1S/C17H19N3OS/c21-17(16-11-13-5-1-2-7-15(13)22-16)19-9-3-6-14(12-19)20-10-4-8-18-20/h1-2,4-5,7-8,10,14,16H,3,6,9,11-12H2/t14-,16-/m0/s1. The van der Waals surface area contributed by atoms with E-state index in [1.807, 2.05) is 34.1 Å². The van der Waals surface area contributed by atoms with Gasteiger partial charge in [0.1, 0.15) is 0 Å². The van der Waals surface area contributed by atoms with E-state index in [9.17, 15) is 4.79 Å². The number of amides is 1. The lowest BCUT2D eigenvalue weighted by Gasteiger charge is -2.34. The number of hydrogen-bond acceptors (Lipinski definition) is 3. The number of nitrogens with zero attached hydrogens (tertiary/aromatic N) is 3. The molecular formula is C17H19N3OS. The van der Waals surface area contributed by atoms with Crippen molar-refractivity contribution in [2.75, 3.05) is 13.1 Å². The molecule has 2 aliphatic heterocycles. The number of likely N-dealkylation sites (tertiary alicyclic amines) is 1. The molecule has 1 amide bonds. The summed E-state index contributed by atoms with van der Waals surface area (Å²) in [5.41, 5.74) is 1.31. The smallest absolute Gasteiger partial charge is 0.236 e. The molecule has 0 spiro atoms. The van der Waals surface area contributed by atoms with Crippen molar-refractivity contribution in [1.82, 2.24) is 14.7 Å². The maximum absolute atomic E-state index is 12.9. The van der Waals surface area contributed by atoms with Crippen LogP contribution in [0.2, 0.25) is 0 Å². The summed E-state index contributed by atoms with van der Waals surface area (Å²) in [6, 6.07) is 10.6. The molecule has 4 rings (SSSR count). The molecule has 3 heterocycles. The van der Waals surface area contributed by atoms with Gasteiger partial charge in [-0.3, -0.25) is 9.48 Å². The van der Waals surface area contributed by atoms with Crippen LogP contribution in [0.4, 0.5) is 0 Å². The van der Waals surface area contributed by atoms with Gasteiger partial charge < -0.3 is 4.90 Å². The highest BCUT2D eigenvalue weighted by atomic mass is 32.2. The molecule has 0 aliphatic carbocycles. The molecular weight excluding hydrogens is 294 g/mol. The first-order valence-corrected chi connectivity index (χ1v) is 8.72. The van der Waals surface area contributed by atoms with Crippen molar-refractivity contribution in [3.63, 3.8) is 0 Å².